The van der Waals surface area contributed by atoms with Crippen molar-refractivity contribution in [2.45, 2.75) is 32.2 Å². The first-order valence-electron chi connectivity index (χ1n) is 6.86. The van der Waals surface area contributed by atoms with E-state index in [2.05, 4.69) is 10.6 Å². The van der Waals surface area contributed by atoms with Gasteiger partial charge in [-0.1, -0.05) is 32.0 Å². The molecule has 20 heavy (non-hydrogen) atoms. The van der Waals surface area contributed by atoms with Crippen molar-refractivity contribution in [3.8, 4) is 0 Å². The van der Waals surface area contributed by atoms with E-state index in [0.717, 1.165) is 11.3 Å². The Hall–Kier alpha value is -2.04. The molecule has 1 amide bonds. The van der Waals surface area contributed by atoms with Crippen LogP contribution in [0.3, 0.4) is 0 Å². The summed E-state index contributed by atoms with van der Waals surface area (Å²) in [6.45, 7) is 4.29. The van der Waals surface area contributed by atoms with E-state index >= 15 is 0 Å². The smallest absolute Gasteiger partial charge is 0.326 e. The SMILES string of the molecule is CC(C)C(NC(=O)C1CCNc2ccccc21)C(=O)O. The summed E-state index contributed by atoms with van der Waals surface area (Å²) in [4.78, 5) is 23.6. The zero-order chi connectivity index (χ0) is 14.7. The Morgan fingerprint density at radius 2 is 2.05 bits per heavy atom. The third-order valence-electron chi connectivity index (χ3n) is 3.63. The topological polar surface area (TPSA) is 78.4 Å². The maximum atomic E-state index is 12.4. The number of fused-ring (bicyclic) bond motifs is 1. The predicted molar refractivity (Wildman–Crippen MR) is 76.7 cm³/mol. The van der Waals surface area contributed by atoms with Crippen molar-refractivity contribution in [2.75, 3.05) is 11.9 Å². The summed E-state index contributed by atoms with van der Waals surface area (Å²) in [5.41, 5.74) is 1.89. The molecule has 1 aliphatic rings. The summed E-state index contributed by atoms with van der Waals surface area (Å²) >= 11 is 0. The van der Waals surface area contributed by atoms with Crippen LogP contribution in [0, 0.1) is 5.92 Å². The lowest BCUT2D eigenvalue weighted by Gasteiger charge is -2.27. The molecule has 0 aliphatic carbocycles. The number of rotatable bonds is 4. The van der Waals surface area contributed by atoms with E-state index < -0.39 is 12.0 Å². The van der Waals surface area contributed by atoms with Gasteiger partial charge in [0.05, 0.1) is 5.92 Å². The molecule has 1 aromatic rings. The molecule has 5 heteroatoms. The van der Waals surface area contributed by atoms with Gasteiger partial charge in [0.1, 0.15) is 6.04 Å². The third-order valence-corrected chi connectivity index (χ3v) is 3.63. The summed E-state index contributed by atoms with van der Waals surface area (Å²) in [6, 6.07) is 6.82. The zero-order valence-electron chi connectivity index (χ0n) is 11.7. The van der Waals surface area contributed by atoms with Gasteiger partial charge in [0.2, 0.25) is 5.91 Å². The molecule has 1 aliphatic heterocycles. The second-order valence-corrected chi connectivity index (χ2v) is 5.42. The van der Waals surface area contributed by atoms with Crippen molar-refractivity contribution in [1.82, 2.24) is 5.32 Å². The third kappa shape index (κ3) is 2.92. The van der Waals surface area contributed by atoms with E-state index in [1.54, 1.807) is 13.8 Å². The van der Waals surface area contributed by atoms with Crippen LogP contribution in [0.1, 0.15) is 31.7 Å². The highest BCUT2D eigenvalue weighted by molar-refractivity contribution is 5.89. The van der Waals surface area contributed by atoms with Gasteiger partial charge in [-0.2, -0.15) is 0 Å². The van der Waals surface area contributed by atoms with E-state index in [0.29, 0.717) is 13.0 Å². The molecule has 2 unspecified atom stereocenters. The lowest BCUT2D eigenvalue weighted by atomic mass is 9.89. The zero-order valence-corrected chi connectivity index (χ0v) is 11.7. The highest BCUT2D eigenvalue weighted by Crippen LogP contribution is 2.31. The average molecular weight is 276 g/mol. The lowest BCUT2D eigenvalue weighted by molar-refractivity contribution is -0.143. The van der Waals surface area contributed by atoms with Crippen molar-refractivity contribution < 1.29 is 14.7 Å². The van der Waals surface area contributed by atoms with Crippen molar-refractivity contribution in [3.63, 3.8) is 0 Å². The van der Waals surface area contributed by atoms with Gasteiger partial charge in [-0.3, -0.25) is 4.79 Å². The fourth-order valence-electron chi connectivity index (χ4n) is 2.51. The molecule has 0 fully saturated rings. The van der Waals surface area contributed by atoms with Crippen molar-refractivity contribution >= 4 is 17.6 Å². The number of carbonyl (C=O) groups excluding carboxylic acids is 1. The lowest BCUT2D eigenvalue weighted by Crippen LogP contribution is -2.46. The number of carboxylic acid groups (broad SMARTS) is 1. The van der Waals surface area contributed by atoms with E-state index in [1.807, 2.05) is 24.3 Å². The van der Waals surface area contributed by atoms with Crippen LogP contribution < -0.4 is 10.6 Å². The first-order chi connectivity index (χ1) is 9.50. The number of hydrogen-bond donors (Lipinski definition) is 3. The van der Waals surface area contributed by atoms with Crippen molar-refractivity contribution in [3.05, 3.63) is 29.8 Å². The second-order valence-electron chi connectivity index (χ2n) is 5.42. The Balaban J connectivity index is 2.16. The highest BCUT2D eigenvalue weighted by atomic mass is 16.4. The molecule has 0 bridgehead atoms. The first-order valence-corrected chi connectivity index (χ1v) is 6.86. The Morgan fingerprint density at radius 3 is 2.70 bits per heavy atom. The first kappa shape index (κ1) is 14.4. The maximum Gasteiger partial charge on any atom is 0.326 e. The molecule has 0 aromatic heterocycles. The number of amides is 1. The Bertz CT molecular complexity index is 514. The average Bonchev–Trinajstić information content (AvgIpc) is 2.43. The molecule has 0 spiro atoms. The van der Waals surface area contributed by atoms with Gasteiger partial charge >= 0.3 is 5.97 Å². The Labute approximate surface area is 118 Å². The van der Waals surface area contributed by atoms with Crippen LogP contribution in [-0.4, -0.2) is 29.6 Å². The molecular formula is C15H20N2O3. The molecule has 2 rings (SSSR count). The molecule has 0 saturated carbocycles. The minimum absolute atomic E-state index is 0.145. The van der Waals surface area contributed by atoms with Crippen LogP contribution >= 0.6 is 0 Å². The number of benzene rings is 1. The summed E-state index contributed by atoms with van der Waals surface area (Å²) < 4.78 is 0. The quantitative estimate of drug-likeness (QED) is 0.783. The standard InChI is InChI=1S/C15H20N2O3/c1-9(2)13(15(19)20)17-14(18)11-7-8-16-12-6-4-3-5-10(11)12/h3-6,9,11,13,16H,7-8H2,1-2H3,(H,17,18)(H,19,20). The molecule has 3 N–H and O–H groups in total. The number of hydrogen-bond acceptors (Lipinski definition) is 3. The molecule has 2 atom stereocenters. The van der Waals surface area contributed by atoms with E-state index in [9.17, 15) is 9.59 Å². The van der Waals surface area contributed by atoms with Crippen molar-refractivity contribution in [1.29, 1.82) is 0 Å². The number of nitrogens with one attached hydrogen (secondary N) is 2. The minimum Gasteiger partial charge on any atom is -0.480 e. The van der Waals surface area contributed by atoms with E-state index in [-0.39, 0.29) is 17.7 Å². The number of anilines is 1. The summed E-state index contributed by atoms with van der Waals surface area (Å²) in [6.07, 6.45) is 0.674. The normalized spacial score (nSPS) is 18.9. The van der Waals surface area contributed by atoms with Crippen LogP contribution in [0.4, 0.5) is 5.69 Å². The van der Waals surface area contributed by atoms with Gasteiger partial charge in [0.15, 0.2) is 0 Å². The highest BCUT2D eigenvalue weighted by Gasteiger charge is 2.30. The molecular weight excluding hydrogens is 256 g/mol. The predicted octanol–water partition coefficient (Wildman–Crippen LogP) is 1.81. The number of carbonyl (C=O) groups is 2. The van der Waals surface area contributed by atoms with Gasteiger partial charge in [0, 0.05) is 12.2 Å². The van der Waals surface area contributed by atoms with E-state index in [4.69, 9.17) is 5.11 Å². The maximum absolute atomic E-state index is 12.4. The van der Waals surface area contributed by atoms with Gasteiger partial charge in [0.25, 0.3) is 0 Å². The van der Waals surface area contributed by atoms with Crippen LogP contribution in [0.25, 0.3) is 0 Å². The Kier molecular flexibility index (Phi) is 4.27. The fraction of sp³-hybridized carbons (Fsp3) is 0.467. The molecule has 5 nitrogen and oxygen atoms in total. The molecule has 0 saturated heterocycles. The largest absolute Gasteiger partial charge is 0.480 e. The molecule has 0 radical (unpaired) electrons. The molecule has 108 valence electrons. The number of aliphatic carboxylic acids is 1. The van der Waals surface area contributed by atoms with Gasteiger partial charge in [-0.05, 0) is 24.0 Å². The summed E-state index contributed by atoms with van der Waals surface area (Å²) in [7, 11) is 0. The van der Waals surface area contributed by atoms with Crippen LogP contribution in [0.2, 0.25) is 0 Å². The molecule has 1 heterocycles. The van der Waals surface area contributed by atoms with Crippen LogP contribution in [0.15, 0.2) is 24.3 Å². The Morgan fingerprint density at radius 1 is 1.35 bits per heavy atom. The molecule has 1 aromatic carbocycles. The van der Waals surface area contributed by atoms with Crippen molar-refractivity contribution in [2.24, 2.45) is 5.92 Å². The summed E-state index contributed by atoms with van der Waals surface area (Å²) in [5.74, 6) is -1.63. The van der Waals surface area contributed by atoms with Gasteiger partial charge in [-0.25, -0.2) is 4.79 Å². The second kappa shape index (κ2) is 5.94. The fourth-order valence-corrected chi connectivity index (χ4v) is 2.51. The minimum atomic E-state index is -0.990. The summed E-state index contributed by atoms with van der Waals surface area (Å²) in [5, 5.41) is 15.1. The van der Waals surface area contributed by atoms with Crippen LogP contribution in [-0.2, 0) is 9.59 Å². The monoisotopic (exact) mass is 276 g/mol. The van der Waals surface area contributed by atoms with Gasteiger partial charge in [-0.15, -0.1) is 0 Å². The number of para-hydroxylation sites is 1. The van der Waals surface area contributed by atoms with E-state index in [1.165, 1.54) is 0 Å². The number of carboxylic acids is 1. The van der Waals surface area contributed by atoms with Gasteiger partial charge < -0.3 is 15.7 Å². The van der Waals surface area contributed by atoms with Crippen LogP contribution in [0.5, 0.6) is 0 Å².